The molecule has 1 saturated heterocycles. The number of carbonyl (C=O) groups excluding carboxylic acids is 1. The molecule has 122 valence electrons. The molecule has 0 radical (unpaired) electrons. The molecule has 2 aromatic rings. The van der Waals surface area contributed by atoms with Gasteiger partial charge in [-0.1, -0.05) is 18.2 Å². The number of fused-ring (bicyclic) bond motifs is 1. The van der Waals surface area contributed by atoms with Crippen molar-refractivity contribution in [1.29, 1.82) is 0 Å². The van der Waals surface area contributed by atoms with Crippen molar-refractivity contribution in [3.8, 4) is 0 Å². The second kappa shape index (κ2) is 7.14. The van der Waals surface area contributed by atoms with E-state index in [0.29, 0.717) is 18.8 Å². The normalized spacial score (nSPS) is 19.5. The highest BCUT2D eigenvalue weighted by Crippen LogP contribution is 2.22. The molecule has 1 fully saturated rings. The first-order valence-electron chi connectivity index (χ1n) is 7.46. The number of hydrogen-bond acceptors (Lipinski definition) is 6. The SMILES string of the molecule is O=C(N[C@@H](Cc1coc2ccccc12)B(O)O)[C@H]1COCCO1. The molecule has 0 spiro atoms. The van der Waals surface area contributed by atoms with Crippen molar-refractivity contribution in [2.24, 2.45) is 0 Å². The number of para-hydroxylation sites is 1. The van der Waals surface area contributed by atoms with Crippen LogP contribution in [-0.4, -0.2) is 54.9 Å². The predicted octanol–water partition coefficient (Wildman–Crippen LogP) is -0.113. The summed E-state index contributed by atoms with van der Waals surface area (Å²) in [5.41, 5.74) is 1.50. The van der Waals surface area contributed by atoms with Gasteiger partial charge in [0.25, 0.3) is 5.91 Å². The number of ether oxygens (including phenoxy) is 2. The summed E-state index contributed by atoms with van der Waals surface area (Å²) in [7, 11) is -1.70. The Bertz CT molecular complexity index is 667. The van der Waals surface area contributed by atoms with Gasteiger partial charge in [-0.3, -0.25) is 4.79 Å². The maximum absolute atomic E-state index is 12.1. The van der Waals surface area contributed by atoms with E-state index in [1.54, 1.807) is 6.26 Å². The van der Waals surface area contributed by atoms with Crippen molar-refractivity contribution in [2.45, 2.75) is 18.5 Å². The molecular formula is C15H18BNO6. The van der Waals surface area contributed by atoms with Crippen molar-refractivity contribution in [1.82, 2.24) is 5.32 Å². The molecule has 1 aromatic heterocycles. The quantitative estimate of drug-likeness (QED) is 0.665. The van der Waals surface area contributed by atoms with Gasteiger partial charge >= 0.3 is 7.12 Å². The Balaban J connectivity index is 1.70. The summed E-state index contributed by atoms with van der Waals surface area (Å²) >= 11 is 0. The molecule has 1 aromatic carbocycles. The minimum absolute atomic E-state index is 0.161. The van der Waals surface area contributed by atoms with E-state index in [4.69, 9.17) is 13.9 Å². The lowest BCUT2D eigenvalue weighted by molar-refractivity contribution is -0.147. The smallest absolute Gasteiger partial charge is 0.464 e. The predicted molar refractivity (Wildman–Crippen MR) is 82.6 cm³/mol. The maximum Gasteiger partial charge on any atom is 0.475 e. The molecule has 0 unspecified atom stereocenters. The van der Waals surface area contributed by atoms with Gasteiger partial charge in [0.05, 0.1) is 32.0 Å². The monoisotopic (exact) mass is 319 g/mol. The van der Waals surface area contributed by atoms with Crippen LogP contribution in [0.4, 0.5) is 0 Å². The van der Waals surface area contributed by atoms with Gasteiger partial charge in [-0.05, 0) is 18.1 Å². The fourth-order valence-electron chi connectivity index (χ4n) is 2.57. The summed E-state index contributed by atoms with van der Waals surface area (Å²) in [5, 5.41) is 22.6. The van der Waals surface area contributed by atoms with Gasteiger partial charge in [-0.25, -0.2) is 0 Å². The van der Waals surface area contributed by atoms with Crippen molar-refractivity contribution >= 4 is 24.0 Å². The van der Waals surface area contributed by atoms with Crippen molar-refractivity contribution in [3.63, 3.8) is 0 Å². The zero-order chi connectivity index (χ0) is 16.2. The number of rotatable bonds is 5. The molecule has 3 N–H and O–H groups in total. The highest BCUT2D eigenvalue weighted by atomic mass is 16.6. The number of hydrogen-bond donors (Lipinski definition) is 3. The first-order valence-corrected chi connectivity index (χ1v) is 7.46. The number of nitrogens with one attached hydrogen (secondary N) is 1. The van der Waals surface area contributed by atoms with Crippen LogP contribution in [-0.2, 0) is 20.7 Å². The van der Waals surface area contributed by atoms with Crippen LogP contribution in [0, 0.1) is 0 Å². The summed E-state index contributed by atoms with van der Waals surface area (Å²) < 4.78 is 15.9. The van der Waals surface area contributed by atoms with Gasteiger partial charge in [0.15, 0.2) is 6.10 Å². The van der Waals surface area contributed by atoms with Gasteiger partial charge in [0.1, 0.15) is 5.58 Å². The molecule has 1 aliphatic rings. The fraction of sp³-hybridized carbons (Fsp3) is 0.400. The van der Waals surface area contributed by atoms with E-state index in [1.807, 2.05) is 24.3 Å². The first kappa shape index (κ1) is 16.0. The molecule has 2 atom stereocenters. The molecule has 1 amide bonds. The van der Waals surface area contributed by atoms with Crippen LogP contribution in [0.2, 0.25) is 0 Å². The Morgan fingerprint density at radius 1 is 1.35 bits per heavy atom. The largest absolute Gasteiger partial charge is 0.475 e. The highest BCUT2D eigenvalue weighted by molar-refractivity contribution is 6.43. The lowest BCUT2D eigenvalue weighted by atomic mass is 9.75. The van der Waals surface area contributed by atoms with Gasteiger partial charge in [-0.2, -0.15) is 0 Å². The van der Waals surface area contributed by atoms with Crippen LogP contribution in [0.25, 0.3) is 11.0 Å². The van der Waals surface area contributed by atoms with Crippen molar-refractivity contribution < 1.29 is 28.7 Å². The summed E-state index contributed by atoms with van der Waals surface area (Å²) in [6.45, 7) is 0.961. The average Bonchev–Trinajstić information content (AvgIpc) is 2.98. The lowest BCUT2D eigenvalue weighted by Crippen LogP contribution is -2.53. The topological polar surface area (TPSA) is 101 Å². The Hall–Kier alpha value is -1.87. The molecular weight excluding hydrogens is 301 g/mol. The molecule has 3 rings (SSSR count). The zero-order valence-corrected chi connectivity index (χ0v) is 12.5. The molecule has 8 heteroatoms. The molecule has 2 heterocycles. The Morgan fingerprint density at radius 2 is 2.17 bits per heavy atom. The molecule has 0 saturated carbocycles. The Morgan fingerprint density at radius 3 is 2.91 bits per heavy atom. The van der Waals surface area contributed by atoms with Crippen LogP contribution in [0.5, 0.6) is 0 Å². The third-order valence-corrected chi connectivity index (χ3v) is 3.80. The maximum atomic E-state index is 12.1. The van der Waals surface area contributed by atoms with Gasteiger partial charge < -0.3 is 29.3 Å². The minimum atomic E-state index is -1.70. The Labute approximate surface area is 133 Å². The standard InChI is InChI=1S/C15H18BNO6/c18-15(13-9-21-5-6-22-13)17-14(16(19)20)7-10-8-23-12-4-2-1-3-11(10)12/h1-4,8,13-14,19-20H,5-7,9H2,(H,17,18)/t13-,14+/m1/s1. The Kier molecular flexibility index (Phi) is 4.97. The third kappa shape index (κ3) is 3.73. The molecule has 7 nitrogen and oxygen atoms in total. The van der Waals surface area contributed by atoms with E-state index in [-0.39, 0.29) is 13.0 Å². The second-order valence-electron chi connectivity index (χ2n) is 5.42. The van der Waals surface area contributed by atoms with E-state index in [2.05, 4.69) is 5.32 Å². The fourth-order valence-corrected chi connectivity index (χ4v) is 2.57. The van der Waals surface area contributed by atoms with Crippen LogP contribution in [0.1, 0.15) is 5.56 Å². The summed E-state index contributed by atoms with van der Waals surface area (Å²) in [4.78, 5) is 12.1. The molecule has 1 aliphatic heterocycles. The summed E-state index contributed by atoms with van der Waals surface area (Å²) in [5.74, 6) is -1.29. The lowest BCUT2D eigenvalue weighted by Gasteiger charge is -2.25. The second-order valence-corrected chi connectivity index (χ2v) is 5.42. The van der Waals surface area contributed by atoms with Gasteiger partial charge in [0.2, 0.25) is 0 Å². The third-order valence-electron chi connectivity index (χ3n) is 3.80. The van der Waals surface area contributed by atoms with E-state index >= 15 is 0 Å². The van der Waals surface area contributed by atoms with Crippen molar-refractivity contribution in [3.05, 3.63) is 36.1 Å². The number of furan rings is 1. The summed E-state index contributed by atoms with van der Waals surface area (Å²) in [6, 6.07) is 7.44. The van der Waals surface area contributed by atoms with E-state index < -0.39 is 25.1 Å². The van der Waals surface area contributed by atoms with E-state index in [9.17, 15) is 14.8 Å². The molecule has 0 aliphatic carbocycles. The van der Waals surface area contributed by atoms with Crippen LogP contribution in [0.15, 0.2) is 34.9 Å². The van der Waals surface area contributed by atoms with Gasteiger partial charge in [0, 0.05) is 5.39 Å². The van der Waals surface area contributed by atoms with Crippen LogP contribution in [0.3, 0.4) is 0 Å². The highest BCUT2D eigenvalue weighted by Gasteiger charge is 2.31. The minimum Gasteiger partial charge on any atom is -0.464 e. The molecule has 0 bridgehead atoms. The zero-order valence-electron chi connectivity index (χ0n) is 12.5. The van der Waals surface area contributed by atoms with Gasteiger partial charge in [-0.15, -0.1) is 0 Å². The number of benzene rings is 1. The van der Waals surface area contributed by atoms with Crippen molar-refractivity contribution in [2.75, 3.05) is 19.8 Å². The van der Waals surface area contributed by atoms with Crippen LogP contribution >= 0.6 is 0 Å². The van der Waals surface area contributed by atoms with E-state index in [0.717, 1.165) is 10.9 Å². The number of amides is 1. The van der Waals surface area contributed by atoms with Crippen LogP contribution < -0.4 is 5.32 Å². The number of carbonyl (C=O) groups is 1. The molecule has 23 heavy (non-hydrogen) atoms. The summed E-state index contributed by atoms with van der Waals surface area (Å²) in [6.07, 6.45) is 1.06. The van der Waals surface area contributed by atoms with E-state index in [1.165, 1.54) is 0 Å². The average molecular weight is 319 g/mol. The first-order chi connectivity index (χ1) is 11.1.